The lowest BCUT2D eigenvalue weighted by molar-refractivity contribution is 0.0759. The molecule has 1 aliphatic rings. The Morgan fingerprint density at radius 2 is 1.91 bits per heavy atom. The SMILES string of the molecule is O=S(=O)(c1cnc[nH]1)N1CCC([C@@H](O)c2ccc(F)cc2)CC1. The maximum atomic E-state index is 12.9. The summed E-state index contributed by atoms with van der Waals surface area (Å²) in [5.74, 6) is -0.393. The molecule has 1 aromatic heterocycles. The largest absolute Gasteiger partial charge is 0.388 e. The second-order valence-electron chi connectivity index (χ2n) is 5.65. The van der Waals surface area contributed by atoms with Crippen LogP contribution in [0.4, 0.5) is 4.39 Å². The van der Waals surface area contributed by atoms with Crippen molar-refractivity contribution < 1.29 is 17.9 Å². The van der Waals surface area contributed by atoms with E-state index in [9.17, 15) is 17.9 Å². The predicted molar refractivity (Wildman–Crippen MR) is 81.4 cm³/mol. The number of nitrogens with zero attached hydrogens (tertiary/aromatic N) is 2. The molecular formula is C15H18FN3O3S. The third-order valence-electron chi connectivity index (χ3n) is 4.25. The van der Waals surface area contributed by atoms with Gasteiger partial charge in [0.25, 0.3) is 10.0 Å². The summed E-state index contributed by atoms with van der Waals surface area (Å²) in [6.45, 7) is 0.675. The summed E-state index contributed by atoms with van der Waals surface area (Å²) in [6, 6.07) is 5.76. The number of H-pyrrole nitrogens is 1. The van der Waals surface area contributed by atoms with E-state index in [1.165, 1.54) is 29.0 Å². The number of hydrogen-bond acceptors (Lipinski definition) is 4. The Hall–Kier alpha value is -1.77. The minimum atomic E-state index is -3.55. The number of rotatable bonds is 4. The summed E-state index contributed by atoms with van der Waals surface area (Å²) in [4.78, 5) is 6.36. The fraction of sp³-hybridized carbons (Fsp3) is 0.400. The Bertz CT molecular complexity index is 739. The van der Waals surface area contributed by atoms with E-state index >= 15 is 0 Å². The number of hydrogen-bond donors (Lipinski definition) is 2. The highest BCUT2D eigenvalue weighted by atomic mass is 32.2. The second-order valence-corrected chi connectivity index (χ2v) is 7.56. The van der Waals surface area contributed by atoms with Crippen LogP contribution in [0.3, 0.4) is 0 Å². The molecule has 6 nitrogen and oxygen atoms in total. The first kappa shape index (κ1) is 16.1. The number of aromatic nitrogens is 2. The number of imidazole rings is 1. The van der Waals surface area contributed by atoms with Gasteiger partial charge < -0.3 is 10.1 Å². The molecule has 8 heteroatoms. The lowest BCUT2D eigenvalue weighted by atomic mass is 9.88. The van der Waals surface area contributed by atoms with Crippen molar-refractivity contribution in [1.82, 2.24) is 14.3 Å². The normalized spacial score (nSPS) is 18.9. The zero-order valence-corrected chi connectivity index (χ0v) is 13.2. The van der Waals surface area contributed by atoms with Gasteiger partial charge in [0.15, 0.2) is 5.03 Å². The van der Waals surface area contributed by atoms with E-state index < -0.39 is 16.1 Å². The minimum Gasteiger partial charge on any atom is -0.388 e. The maximum absolute atomic E-state index is 12.9. The van der Waals surface area contributed by atoms with Crippen LogP contribution < -0.4 is 0 Å². The van der Waals surface area contributed by atoms with Crippen LogP contribution in [-0.2, 0) is 10.0 Å². The zero-order chi connectivity index (χ0) is 16.4. The Morgan fingerprint density at radius 1 is 1.26 bits per heavy atom. The summed E-state index contributed by atoms with van der Waals surface area (Å²) >= 11 is 0. The van der Waals surface area contributed by atoms with Crippen LogP contribution in [0.25, 0.3) is 0 Å². The molecular weight excluding hydrogens is 321 g/mol. The molecule has 0 spiro atoms. The van der Waals surface area contributed by atoms with Crippen molar-refractivity contribution in [3.05, 3.63) is 48.2 Å². The number of sulfonamides is 1. The van der Waals surface area contributed by atoms with Gasteiger partial charge in [-0.25, -0.2) is 17.8 Å². The molecule has 0 bridgehead atoms. The third kappa shape index (κ3) is 3.29. The number of benzene rings is 1. The fourth-order valence-corrected chi connectivity index (χ4v) is 4.25. The van der Waals surface area contributed by atoms with Crippen molar-refractivity contribution in [2.45, 2.75) is 24.0 Å². The van der Waals surface area contributed by atoms with Gasteiger partial charge in [0, 0.05) is 13.1 Å². The molecule has 0 unspecified atom stereocenters. The van der Waals surface area contributed by atoms with E-state index in [0.717, 1.165) is 0 Å². The van der Waals surface area contributed by atoms with Gasteiger partial charge in [-0.05, 0) is 36.5 Å². The van der Waals surface area contributed by atoms with Gasteiger partial charge in [0.1, 0.15) is 5.82 Å². The summed E-state index contributed by atoms with van der Waals surface area (Å²) in [6.07, 6.45) is 3.00. The molecule has 2 aromatic rings. The van der Waals surface area contributed by atoms with Crippen LogP contribution >= 0.6 is 0 Å². The van der Waals surface area contributed by atoms with Crippen LogP contribution in [0.15, 0.2) is 41.8 Å². The molecule has 0 radical (unpaired) electrons. The predicted octanol–water partition coefficient (Wildman–Crippen LogP) is 1.68. The molecule has 1 saturated heterocycles. The first-order valence-electron chi connectivity index (χ1n) is 7.40. The number of piperidine rings is 1. The molecule has 1 fully saturated rings. The molecule has 1 aliphatic heterocycles. The van der Waals surface area contributed by atoms with Gasteiger partial charge >= 0.3 is 0 Å². The summed E-state index contributed by atoms with van der Waals surface area (Å²) in [7, 11) is -3.55. The maximum Gasteiger partial charge on any atom is 0.260 e. The minimum absolute atomic E-state index is 0.0475. The van der Waals surface area contributed by atoms with Crippen LogP contribution in [-0.4, -0.2) is 40.9 Å². The number of aromatic amines is 1. The fourth-order valence-electron chi connectivity index (χ4n) is 2.89. The zero-order valence-electron chi connectivity index (χ0n) is 12.4. The first-order chi connectivity index (χ1) is 11.0. The quantitative estimate of drug-likeness (QED) is 0.887. The van der Waals surface area contributed by atoms with E-state index in [4.69, 9.17) is 0 Å². The molecule has 2 N–H and O–H groups in total. The molecule has 0 saturated carbocycles. The van der Waals surface area contributed by atoms with Gasteiger partial charge in [-0.3, -0.25) is 0 Å². The number of aliphatic hydroxyl groups excluding tert-OH is 1. The topological polar surface area (TPSA) is 86.3 Å². The van der Waals surface area contributed by atoms with Crippen LogP contribution in [0.1, 0.15) is 24.5 Å². The lowest BCUT2D eigenvalue weighted by Gasteiger charge is -2.33. The average molecular weight is 339 g/mol. The summed E-state index contributed by atoms with van der Waals surface area (Å²) in [5.41, 5.74) is 0.654. The average Bonchev–Trinajstić information content (AvgIpc) is 3.10. The van der Waals surface area contributed by atoms with E-state index in [0.29, 0.717) is 31.5 Å². The highest BCUT2D eigenvalue weighted by Gasteiger charge is 2.33. The van der Waals surface area contributed by atoms with E-state index in [2.05, 4.69) is 9.97 Å². The molecule has 1 atom stereocenters. The first-order valence-corrected chi connectivity index (χ1v) is 8.84. The highest BCUT2D eigenvalue weighted by molar-refractivity contribution is 7.89. The second kappa shape index (κ2) is 6.38. The Kier molecular flexibility index (Phi) is 4.47. The smallest absolute Gasteiger partial charge is 0.260 e. The van der Waals surface area contributed by atoms with Crippen molar-refractivity contribution in [1.29, 1.82) is 0 Å². The van der Waals surface area contributed by atoms with E-state index in [1.54, 1.807) is 12.1 Å². The lowest BCUT2D eigenvalue weighted by Crippen LogP contribution is -2.39. The van der Waals surface area contributed by atoms with Gasteiger partial charge in [0.2, 0.25) is 0 Å². The number of aliphatic hydroxyl groups is 1. The molecule has 0 aliphatic carbocycles. The van der Waals surface area contributed by atoms with Gasteiger partial charge in [-0.1, -0.05) is 12.1 Å². The van der Waals surface area contributed by atoms with Crippen molar-refractivity contribution in [3.8, 4) is 0 Å². The van der Waals surface area contributed by atoms with Crippen LogP contribution in [0, 0.1) is 11.7 Å². The Morgan fingerprint density at radius 3 is 2.48 bits per heavy atom. The highest BCUT2D eigenvalue weighted by Crippen LogP contribution is 2.32. The van der Waals surface area contributed by atoms with Gasteiger partial charge in [0.05, 0.1) is 18.6 Å². The van der Waals surface area contributed by atoms with Crippen molar-refractivity contribution in [2.75, 3.05) is 13.1 Å². The molecule has 0 amide bonds. The molecule has 124 valence electrons. The van der Waals surface area contributed by atoms with E-state index in [1.807, 2.05) is 0 Å². The Balaban J connectivity index is 1.65. The molecule has 23 heavy (non-hydrogen) atoms. The Labute approximate surface area is 134 Å². The van der Waals surface area contributed by atoms with Gasteiger partial charge in [-0.2, -0.15) is 4.31 Å². The van der Waals surface area contributed by atoms with Crippen molar-refractivity contribution in [2.24, 2.45) is 5.92 Å². The third-order valence-corrected chi connectivity index (χ3v) is 6.07. The van der Waals surface area contributed by atoms with E-state index in [-0.39, 0.29) is 16.8 Å². The number of halogens is 1. The van der Waals surface area contributed by atoms with Crippen molar-refractivity contribution >= 4 is 10.0 Å². The summed E-state index contributed by atoms with van der Waals surface area (Å²) in [5, 5.41) is 10.5. The number of nitrogens with one attached hydrogen (secondary N) is 1. The monoisotopic (exact) mass is 339 g/mol. The van der Waals surface area contributed by atoms with Crippen LogP contribution in [0.5, 0.6) is 0 Å². The summed E-state index contributed by atoms with van der Waals surface area (Å²) < 4.78 is 39.1. The van der Waals surface area contributed by atoms with Crippen LogP contribution in [0.2, 0.25) is 0 Å². The molecule has 1 aromatic carbocycles. The molecule has 3 rings (SSSR count). The molecule has 2 heterocycles. The standard InChI is InChI=1S/C15H18FN3O3S/c16-13-3-1-11(2-4-13)15(20)12-5-7-19(8-6-12)23(21,22)14-9-17-10-18-14/h1-4,9-10,12,15,20H,5-8H2,(H,17,18)/t15-/m0/s1. The van der Waals surface area contributed by atoms with Crippen molar-refractivity contribution in [3.63, 3.8) is 0 Å². The van der Waals surface area contributed by atoms with Gasteiger partial charge in [-0.15, -0.1) is 0 Å².